The molecule has 1 aliphatic heterocycles. The van der Waals surface area contributed by atoms with Crippen molar-refractivity contribution in [2.24, 2.45) is 7.05 Å². The standard InChI is InChI=1S/C23H25N3O3S/c1-4-25(19-10-7-8-17(2)14-19)23(27)22-15-20(16-24(22)3)30(28,29)26-13-12-18-9-5-6-11-21(18)26/h5-11,14-16H,4,12-13H2,1-3H3. The molecule has 4 rings (SSSR count). The van der Waals surface area contributed by atoms with Crippen LogP contribution in [0, 0.1) is 6.92 Å². The Morgan fingerprint density at radius 1 is 1.10 bits per heavy atom. The number of amides is 1. The molecule has 1 aromatic heterocycles. The van der Waals surface area contributed by atoms with Crippen molar-refractivity contribution in [3.63, 3.8) is 0 Å². The highest BCUT2D eigenvalue weighted by Crippen LogP contribution is 2.33. The Hall–Kier alpha value is -3.06. The third kappa shape index (κ3) is 3.39. The SMILES string of the molecule is CCN(C(=O)c1cc(S(=O)(=O)N2CCc3ccccc32)cn1C)c1cccc(C)c1. The maximum absolute atomic E-state index is 13.3. The topological polar surface area (TPSA) is 62.6 Å². The van der Waals surface area contributed by atoms with Crippen molar-refractivity contribution < 1.29 is 13.2 Å². The van der Waals surface area contributed by atoms with Crippen LogP contribution >= 0.6 is 0 Å². The second-order valence-corrected chi connectivity index (χ2v) is 9.38. The van der Waals surface area contributed by atoms with Crippen LogP contribution < -0.4 is 9.21 Å². The summed E-state index contributed by atoms with van der Waals surface area (Å²) in [6, 6.07) is 16.7. The summed E-state index contributed by atoms with van der Waals surface area (Å²) in [7, 11) is -2.05. The van der Waals surface area contributed by atoms with Gasteiger partial charge in [0.25, 0.3) is 15.9 Å². The van der Waals surface area contributed by atoms with Crippen LogP contribution in [-0.4, -0.2) is 32.0 Å². The first-order chi connectivity index (χ1) is 14.3. The van der Waals surface area contributed by atoms with Crippen molar-refractivity contribution in [1.82, 2.24) is 4.57 Å². The molecule has 1 amide bonds. The molecule has 0 spiro atoms. The Balaban J connectivity index is 1.69. The van der Waals surface area contributed by atoms with Crippen LogP contribution in [-0.2, 0) is 23.5 Å². The number of sulfonamides is 1. The van der Waals surface area contributed by atoms with Gasteiger partial charge in [-0.25, -0.2) is 8.42 Å². The minimum absolute atomic E-state index is 0.130. The molecule has 1 aliphatic rings. The minimum Gasteiger partial charge on any atom is -0.345 e. The van der Waals surface area contributed by atoms with E-state index in [1.54, 1.807) is 16.5 Å². The average Bonchev–Trinajstić information content (AvgIpc) is 3.33. The number of hydrogen-bond donors (Lipinski definition) is 0. The number of aromatic nitrogens is 1. The highest BCUT2D eigenvalue weighted by Gasteiger charge is 2.32. The lowest BCUT2D eigenvalue weighted by molar-refractivity contribution is 0.0980. The molecule has 7 heteroatoms. The van der Waals surface area contributed by atoms with Gasteiger partial charge in [0.05, 0.1) is 5.69 Å². The number of benzene rings is 2. The first-order valence-corrected chi connectivity index (χ1v) is 11.4. The van der Waals surface area contributed by atoms with Crippen molar-refractivity contribution in [3.05, 3.63) is 77.6 Å². The van der Waals surface area contributed by atoms with E-state index in [9.17, 15) is 13.2 Å². The van der Waals surface area contributed by atoms with E-state index in [4.69, 9.17) is 0 Å². The zero-order chi connectivity index (χ0) is 21.5. The minimum atomic E-state index is -3.75. The molecule has 2 aromatic carbocycles. The van der Waals surface area contributed by atoms with Crippen LogP contribution in [0.15, 0.2) is 65.7 Å². The maximum atomic E-state index is 13.3. The highest BCUT2D eigenvalue weighted by atomic mass is 32.2. The molecule has 0 saturated carbocycles. The molecule has 0 bridgehead atoms. The molecule has 3 aromatic rings. The van der Waals surface area contributed by atoms with Gasteiger partial charge in [0, 0.05) is 32.0 Å². The number of fused-ring (bicyclic) bond motifs is 1. The normalized spacial score (nSPS) is 13.4. The Morgan fingerprint density at radius 2 is 1.87 bits per heavy atom. The van der Waals surface area contributed by atoms with Crippen molar-refractivity contribution >= 4 is 27.3 Å². The van der Waals surface area contributed by atoms with Gasteiger partial charge in [0.1, 0.15) is 10.6 Å². The lowest BCUT2D eigenvalue weighted by Crippen LogP contribution is -2.32. The van der Waals surface area contributed by atoms with Gasteiger partial charge in [-0.1, -0.05) is 30.3 Å². The third-order valence-corrected chi connectivity index (χ3v) is 7.28. The van der Waals surface area contributed by atoms with E-state index in [1.807, 2.05) is 62.4 Å². The van der Waals surface area contributed by atoms with E-state index in [0.717, 1.165) is 16.8 Å². The van der Waals surface area contributed by atoms with Crippen molar-refractivity contribution in [1.29, 1.82) is 0 Å². The zero-order valence-electron chi connectivity index (χ0n) is 17.4. The fourth-order valence-corrected chi connectivity index (χ4v) is 5.53. The van der Waals surface area contributed by atoms with Gasteiger partial charge in [-0.2, -0.15) is 0 Å². The molecule has 0 radical (unpaired) electrons. The van der Waals surface area contributed by atoms with Crippen LogP contribution in [0.2, 0.25) is 0 Å². The van der Waals surface area contributed by atoms with E-state index in [0.29, 0.717) is 30.9 Å². The molecule has 6 nitrogen and oxygen atoms in total. The van der Waals surface area contributed by atoms with Crippen LogP contribution in [0.5, 0.6) is 0 Å². The van der Waals surface area contributed by atoms with Crippen LogP contribution in [0.25, 0.3) is 0 Å². The molecular formula is C23H25N3O3S. The Kier molecular flexibility index (Phi) is 5.15. The number of para-hydroxylation sites is 1. The Bertz CT molecular complexity index is 1210. The number of anilines is 2. The maximum Gasteiger partial charge on any atom is 0.274 e. The molecule has 0 aliphatic carbocycles. The fourth-order valence-electron chi connectivity index (χ4n) is 3.95. The lowest BCUT2D eigenvalue weighted by atomic mass is 10.2. The summed E-state index contributed by atoms with van der Waals surface area (Å²) in [6.07, 6.45) is 2.21. The van der Waals surface area contributed by atoms with Gasteiger partial charge in [-0.15, -0.1) is 0 Å². The van der Waals surface area contributed by atoms with Gasteiger partial charge in [-0.05, 0) is 55.7 Å². The molecule has 0 fully saturated rings. The van der Waals surface area contributed by atoms with E-state index in [2.05, 4.69) is 0 Å². The molecule has 30 heavy (non-hydrogen) atoms. The number of rotatable bonds is 5. The van der Waals surface area contributed by atoms with E-state index < -0.39 is 10.0 Å². The predicted octanol–water partition coefficient (Wildman–Crippen LogP) is 3.75. The van der Waals surface area contributed by atoms with Gasteiger partial charge >= 0.3 is 0 Å². The summed E-state index contributed by atoms with van der Waals surface area (Å²) < 4.78 is 29.7. The van der Waals surface area contributed by atoms with Gasteiger partial charge in [0.15, 0.2) is 0 Å². The van der Waals surface area contributed by atoms with Crippen LogP contribution in [0.1, 0.15) is 28.5 Å². The molecule has 0 saturated heterocycles. The number of hydrogen-bond acceptors (Lipinski definition) is 3. The Labute approximate surface area is 177 Å². The molecule has 0 atom stereocenters. The molecular weight excluding hydrogens is 398 g/mol. The molecule has 0 unspecified atom stereocenters. The highest BCUT2D eigenvalue weighted by molar-refractivity contribution is 7.92. The molecule has 2 heterocycles. The second kappa shape index (κ2) is 7.65. The summed E-state index contributed by atoms with van der Waals surface area (Å²) in [5, 5.41) is 0. The third-order valence-electron chi connectivity index (χ3n) is 5.51. The fraction of sp³-hybridized carbons (Fsp3) is 0.261. The summed E-state index contributed by atoms with van der Waals surface area (Å²) in [4.78, 5) is 15.1. The zero-order valence-corrected chi connectivity index (χ0v) is 18.2. The molecule has 156 valence electrons. The second-order valence-electron chi connectivity index (χ2n) is 7.52. The number of aryl methyl sites for hydroxylation is 2. The number of carbonyl (C=O) groups excluding carboxylic acids is 1. The number of nitrogens with zero attached hydrogens (tertiary/aromatic N) is 3. The van der Waals surface area contributed by atoms with Crippen LogP contribution in [0.3, 0.4) is 0 Å². The summed E-state index contributed by atoms with van der Waals surface area (Å²) in [6.45, 7) is 4.77. The van der Waals surface area contributed by atoms with Gasteiger partial charge < -0.3 is 9.47 Å². The van der Waals surface area contributed by atoms with Crippen molar-refractivity contribution in [2.45, 2.75) is 25.2 Å². The first kappa shape index (κ1) is 20.2. The lowest BCUT2D eigenvalue weighted by Gasteiger charge is -2.21. The van der Waals surface area contributed by atoms with E-state index in [1.165, 1.54) is 16.6 Å². The predicted molar refractivity (Wildman–Crippen MR) is 119 cm³/mol. The van der Waals surface area contributed by atoms with Gasteiger partial charge in [-0.3, -0.25) is 9.10 Å². The smallest absolute Gasteiger partial charge is 0.274 e. The van der Waals surface area contributed by atoms with Crippen molar-refractivity contribution in [2.75, 3.05) is 22.3 Å². The van der Waals surface area contributed by atoms with Crippen molar-refractivity contribution in [3.8, 4) is 0 Å². The summed E-state index contributed by atoms with van der Waals surface area (Å²) >= 11 is 0. The quantitative estimate of drug-likeness (QED) is 0.628. The largest absolute Gasteiger partial charge is 0.345 e. The van der Waals surface area contributed by atoms with E-state index >= 15 is 0 Å². The number of carbonyl (C=O) groups is 1. The monoisotopic (exact) mass is 423 g/mol. The van der Waals surface area contributed by atoms with Crippen LogP contribution in [0.4, 0.5) is 11.4 Å². The molecule has 0 N–H and O–H groups in total. The Morgan fingerprint density at radius 3 is 2.60 bits per heavy atom. The first-order valence-electron chi connectivity index (χ1n) is 9.98. The summed E-state index contributed by atoms with van der Waals surface area (Å²) in [5.41, 5.74) is 3.92. The van der Waals surface area contributed by atoms with E-state index in [-0.39, 0.29) is 10.8 Å². The van der Waals surface area contributed by atoms with Gasteiger partial charge in [0.2, 0.25) is 0 Å². The average molecular weight is 424 g/mol. The summed E-state index contributed by atoms with van der Waals surface area (Å²) in [5.74, 6) is -0.228.